The fourth-order valence-corrected chi connectivity index (χ4v) is 1.54. The van der Waals surface area contributed by atoms with Crippen LogP contribution in [0.5, 0.6) is 0 Å². The molecule has 1 aromatic rings. The van der Waals surface area contributed by atoms with Crippen molar-refractivity contribution in [3.8, 4) is 0 Å². The predicted molar refractivity (Wildman–Crippen MR) is 72.7 cm³/mol. The van der Waals surface area contributed by atoms with Crippen molar-refractivity contribution < 1.29 is 24.4 Å². The zero-order valence-corrected chi connectivity index (χ0v) is 11.6. The van der Waals surface area contributed by atoms with Crippen molar-refractivity contribution in [1.82, 2.24) is 5.32 Å². The quantitative estimate of drug-likeness (QED) is 0.611. The Kier molecular flexibility index (Phi) is 5.65. The van der Waals surface area contributed by atoms with Crippen LogP contribution >= 0.6 is 0 Å². The van der Waals surface area contributed by atoms with Gasteiger partial charge in [0.1, 0.15) is 12.6 Å². The number of carbonyl (C=O) groups excluding carboxylic acids is 1. The van der Waals surface area contributed by atoms with Crippen LogP contribution in [0, 0.1) is 16.0 Å². The van der Waals surface area contributed by atoms with Gasteiger partial charge in [-0.3, -0.25) is 10.1 Å². The van der Waals surface area contributed by atoms with E-state index in [1.807, 2.05) is 0 Å². The number of nitrogens with zero attached hydrogens (tertiary/aromatic N) is 1. The van der Waals surface area contributed by atoms with Crippen molar-refractivity contribution in [3.63, 3.8) is 0 Å². The highest BCUT2D eigenvalue weighted by molar-refractivity contribution is 5.80. The number of hydrogen-bond donors (Lipinski definition) is 2. The van der Waals surface area contributed by atoms with Crippen LogP contribution < -0.4 is 5.32 Å². The average Bonchev–Trinajstić information content (AvgIpc) is 2.42. The zero-order chi connectivity index (χ0) is 16.0. The zero-order valence-electron chi connectivity index (χ0n) is 11.6. The summed E-state index contributed by atoms with van der Waals surface area (Å²) in [5.74, 6) is -1.42. The number of benzene rings is 1. The number of non-ortho nitro benzene ring substituents is 1. The van der Waals surface area contributed by atoms with Gasteiger partial charge in [-0.2, -0.15) is 0 Å². The molecule has 114 valence electrons. The number of alkyl carbamates (subject to hydrolysis) is 1. The van der Waals surface area contributed by atoms with E-state index in [1.165, 1.54) is 24.3 Å². The van der Waals surface area contributed by atoms with Crippen LogP contribution in [0.15, 0.2) is 24.3 Å². The Morgan fingerprint density at radius 3 is 2.33 bits per heavy atom. The SMILES string of the molecule is CC(C)C(NC(=O)OCc1ccc([N+](=O)[O-])cc1)C(=O)O. The van der Waals surface area contributed by atoms with Gasteiger partial charge < -0.3 is 15.2 Å². The molecule has 1 aromatic carbocycles. The number of carbonyl (C=O) groups is 2. The van der Waals surface area contributed by atoms with Crippen molar-refractivity contribution in [2.24, 2.45) is 5.92 Å². The first-order valence-corrected chi connectivity index (χ1v) is 6.20. The average molecular weight is 296 g/mol. The smallest absolute Gasteiger partial charge is 0.408 e. The van der Waals surface area contributed by atoms with Gasteiger partial charge in [0.25, 0.3) is 5.69 Å². The fraction of sp³-hybridized carbons (Fsp3) is 0.385. The van der Waals surface area contributed by atoms with E-state index in [4.69, 9.17) is 9.84 Å². The molecular weight excluding hydrogens is 280 g/mol. The van der Waals surface area contributed by atoms with E-state index < -0.39 is 23.0 Å². The lowest BCUT2D eigenvalue weighted by molar-refractivity contribution is -0.384. The third-order valence-corrected chi connectivity index (χ3v) is 2.72. The minimum Gasteiger partial charge on any atom is -0.480 e. The van der Waals surface area contributed by atoms with Crippen molar-refractivity contribution >= 4 is 17.7 Å². The molecule has 8 nitrogen and oxygen atoms in total. The number of aliphatic carboxylic acids is 1. The van der Waals surface area contributed by atoms with Crippen LogP contribution in [-0.4, -0.2) is 28.1 Å². The minimum absolute atomic E-state index is 0.0612. The Balaban J connectivity index is 2.52. The van der Waals surface area contributed by atoms with Gasteiger partial charge in [0.05, 0.1) is 4.92 Å². The number of carboxylic acids is 1. The van der Waals surface area contributed by atoms with Crippen LogP contribution in [-0.2, 0) is 16.1 Å². The maximum Gasteiger partial charge on any atom is 0.408 e. The number of nitrogens with one attached hydrogen (secondary N) is 1. The van der Waals surface area contributed by atoms with E-state index in [0.29, 0.717) is 5.56 Å². The third-order valence-electron chi connectivity index (χ3n) is 2.72. The molecule has 0 bridgehead atoms. The summed E-state index contributed by atoms with van der Waals surface area (Å²) in [6, 6.07) is 4.48. The first kappa shape index (κ1) is 16.4. The van der Waals surface area contributed by atoms with Crippen LogP contribution in [0.4, 0.5) is 10.5 Å². The van der Waals surface area contributed by atoms with Gasteiger partial charge in [-0.1, -0.05) is 13.8 Å². The molecule has 0 fully saturated rings. The Hall–Kier alpha value is -2.64. The number of hydrogen-bond acceptors (Lipinski definition) is 5. The van der Waals surface area contributed by atoms with Crippen LogP contribution in [0.3, 0.4) is 0 Å². The molecule has 0 saturated heterocycles. The number of amides is 1. The van der Waals surface area contributed by atoms with Crippen molar-refractivity contribution in [3.05, 3.63) is 39.9 Å². The lowest BCUT2D eigenvalue weighted by Gasteiger charge is -2.17. The van der Waals surface area contributed by atoms with Crippen molar-refractivity contribution in [1.29, 1.82) is 0 Å². The molecule has 0 aliphatic carbocycles. The van der Waals surface area contributed by atoms with Crippen LogP contribution in [0.2, 0.25) is 0 Å². The largest absolute Gasteiger partial charge is 0.480 e. The second kappa shape index (κ2) is 7.22. The molecule has 0 heterocycles. The summed E-state index contributed by atoms with van der Waals surface area (Å²) in [6.07, 6.45) is -0.852. The molecule has 0 aliphatic heterocycles. The van der Waals surface area contributed by atoms with E-state index in [2.05, 4.69) is 5.32 Å². The minimum atomic E-state index is -1.14. The summed E-state index contributed by atoms with van der Waals surface area (Å²) in [5.41, 5.74) is 0.501. The molecule has 1 atom stereocenters. The van der Waals surface area contributed by atoms with E-state index in [-0.39, 0.29) is 18.2 Å². The molecule has 1 unspecified atom stereocenters. The van der Waals surface area contributed by atoms with Crippen LogP contribution in [0.1, 0.15) is 19.4 Å². The summed E-state index contributed by atoms with van der Waals surface area (Å²) >= 11 is 0. The standard InChI is InChI=1S/C13H16N2O6/c1-8(2)11(12(16)17)14-13(18)21-7-9-3-5-10(6-4-9)15(19)20/h3-6,8,11H,7H2,1-2H3,(H,14,18)(H,16,17). The van der Waals surface area contributed by atoms with Crippen molar-refractivity contribution in [2.45, 2.75) is 26.5 Å². The van der Waals surface area contributed by atoms with E-state index >= 15 is 0 Å². The molecule has 0 aliphatic rings. The highest BCUT2D eigenvalue weighted by atomic mass is 16.6. The van der Waals surface area contributed by atoms with Gasteiger partial charge in [0, 0.05) is 12.1 Å². The molecular formula is C13H16N2O6. The molecule has 1 amide bonds. The number of nitro groups is 1. The Morgan fingerprint density at radius 2 is 1.90 bits per heavy atom. The highest BCUT2D eigenvalue weighted by Gasteiger charge is 2.23. The summed E-state index contributed by atoms with van der Waals surface area (Å²) in [5, 5.41) is 21.7. The van der Waals surface area contributed by atoms with Gasteiger partial charge in [0.2, 0.25) is 0 Å². The number of carboxylic acid groups (broad SMARTS) is 1. The number of rotatable bonds is 6. The van der Waals surface area contributed by atoms with Crippen LogP contribution in [0.25, 0.3) is 0 Å². The Labute approximate surface area is 120 Å². The fourth-order valence-electron chi connectivity index (χ4n) is 1.54. The van der Waals surface area contributed by atoms with Gasteiger partial charge in [-0.05, 0) is 23.6 Å². The normalized spacial score (nSPS) is 11.8. The molecule has 0 spiro atoms. The Morgan fingerprint density at radius 1 is 1.33 bits per heavy atom. The monoisotopic (exact) mass is 296 g/mol. The maximum absolute atomic E-state index is 11.5. The second-order valence-corrected chi connectivity index (χ2v) is 4.70. The summed E-state index contributed by atoms with van der Waals surface area (Å²) in [6.45, 7) is 3.22. The summed E-state index contributed by atoms with van der Waals surface area (Å²) in [7, 11) is 0. The second-order valence-electron chi connectivity index (χ2n) is 4.70. The van der Waals surface area contributed by atoms with Gasteiger partial charge >= 0.3 is 12.1 Å². The molecule has 0 radical (unpaired) electrons. The topological polar surface area (TPSA) is 119 Å². The van der Waals surface area contributed by atoms with E-state index in [1.54, 1.807) is 13.8 Å². The molecule has 0 aromatic heterocycles. The summed E-state index contributed by atoms with van der Waals surface area (Å²) in [4.78, 5) is 32.4. The first-order chi connectivity index (χ1) is 9.81. The van der Waals surface area contributed by atoms with E-state index in [9.17, 15) is 19.7 Å². The predicted octanol–water partition coefficient (Wildman–Crippen LogP) is 1.93. The van der Waals surface area contributed by atoms with E-state index in [0.717, 1.165) is 0 Å². The number of nitro benzene ring substituents is 1. The first-order valence-electron chi connectivity index (χ1n) is 6.20. The highest BCUT2D eigenvalue weighted by Crippen LogP contribution is 2.12. The molecule has 8 heteroatoms. The third kappa shape index (κ3) is 5.09. The lowest BCUT2D eigenvalue weighted by atomic mass is 10.1. The molecule has 2 N–H and O–H groups in total. The van der Waals surface area contributed by atoms with Gasteiger partial charge in [-0.25, -0.2) is 9.59 Å². The summed E-state index contributed by atoms with van der Waals surface area (Å²) < 4.78 is 4.88. The molecule has 1 rings (SSSR count). The van der Waals surface area contributed by atoms with Crippen molar-refractivity contribution in [2.75, 3.05) is 0 Å². The molecule has 21 heavy (non-hydrogen) atoms. The molecule has 0 saturated carbocycles. The lowest BCUT2D eigenvalue weighted by Crippen LogP contribution is -2.44. The van der Waals surface area contributed by atoms with Gasteiger partial charge in [-0.15, -0.1) is 0 Å². The Bertz CT molecular complexity index is 526. The number of ether oxygens (including phenoxy) is 1. The maximum atomic E-state index is 11.5. The van der Waals surface area contributed by atoms with Gasteiger partial charge in [0.15, 0.2) is 0 Å².